The van der Waals surface area contributed by atoms with Crippen LogP contribution in [0.4, 0.5) is 0 Å². The van der Waals surface area contributed by atoms with E-state index in [-0.39, 0.29) is 18.1 Å². The molecule has 0 saturated heterocycles. The predicted molar refractivity (Wildman–Crippen MR) is 71.1 cm³/mol. The van der Waals surface area contributed by atoms with E-state index in [2.05, 4.69) is 49.5 Å². The molecule has 1 aliphatic rings. The quantitative estimate of drug-likeness (QED) is 0.837. The lowest BCUT2D eigenvalue weighted by atomic mass is 9.56. The maximum Gasteiger partial charge on any atom is 0.0582 e. The van der Waals surface area contributed by atoms with Crippen LogP contribution in [0.2, 0.25) is 0 Å². The maximum atomic E-state index is 9.09. The Balaban J connectivity index is 2.02. The molecule has 1 aromatic carbocycles. The molecule has 0 aromatic heterocycles. The molecule has 2 nitrogen and oxygen atoms in total. The Labute approximate surface area is 104 Å². The van der Waals surface area contributed by atoms with Crippen molar-refractivity contribution in [3.63, 3.8) is 0 Å². The molecule has 1 aromatic rings. The van der Waals surface area contributed by atoms with Gasteiger partial charge in [-0.15, -0.1) is 0 Å². The summed E-state index contributed by atoms with van der Waals surface area (Å²) in [6.07, 6.45) is 1.17. The van der Waals surface area contributed by atoms with Gasteiger partial charge in [0.05, 0.1) is 6.61 Å². The number of aliphatic hydroxyl groups is 1. The first kappa shape index (κ1) is 12.6. The number of rotatable bonds is 4. The van der Waals surface area contributed by atoms with Gasteiger partial charge in [-0.3, -0.25) is 0 Å². The van der Waals surface area contributed by atoms with E-state index >= 15 is 0 Å². The molecule has 0 spiro atoms. The lowest BCUT2D eigenvalue weighted by Gasteiger charge is -2.53. The predicted octanol–water partition coefficient (Wildman–Crippen LogP) is 2.54. The topological polar surface area (TPSA) is 32.3 Å². The molecule has 0 heterocycles. The highest BCUT2D eigenvalue weighted by Crippen LogP contribution is 2.52. The number of benzene rings is 1. The van der Waals surface area contributed by atoms with Crippen LogP contribution in [0.25, 0.3) is 0 Å². The second-order valence-electron chi connectivity index (χ2n) is 5.82. The Morgan fingerprint density at radius 2 is 2.00 bits per heavy atom. The largest absolute Gasteiger partial charge is 0.395 e. The van der Waals surface area contributed by atoms with Crippen LogP contribution in [0.3, 0.4) is 0 Å². The molecule has 1 fully saturated rings. The SMILES string of the molecule is C[C@H](CO)N[C@H]1C[C@@H](c2ccccc2)C1(C)C. The highest BCUT2D eigenvalue weighted by atomic mass is 16.3. The van der Waals surface area contributed by atoms with E-state index in [1.807, 2.05) is 6.92 Å². The van der Waals surface area contributed by atoms with Gasteiger partial charge in [-0.05, 0) is 30.2 Å². The summed E-state index contributed by atoms with van der Waals surface area (Å²) in [6.45, 7) is 6.88. The highest BCUT2D eigenvalue weighted by Gasteiger charge is 2.48. The third kappa shape index (κ3) is 2.38. The molecule has 2 heteroatoms. The van der Waals surface area contributed by atoms with Gasteiger partial charge in [0.2, 0.25) is 0 Å². The van der Waals surface area contributed by atoms with E-state index in [0.29, 0.717) is 12.0 Å². The van der Waals surface area contributed by atoms with Crippen LogP contribution < -0.4 is 5.32 Å². The molecule has 0 amide bonds. The molecule has 0 bridgehead atoms. The van der Waals surface area contributed by atoms with Crippen molar-refractivity contribution in [2.24, 2.45) is 5.41 Å². The third-order valence-corrected chi connectivity index (χ3v) is 4.23. The standard InChI is InChI=1S/C15H23NO/c1-11(10-17)16-14-9-13(15(14,2)3)12-7-5-4-6-8-12/h4-8,11,13-14,16-17H,9-10H2,1-3H3/t11-,13+,14+/m1/s1. The van der Waals surface area contributed by atoms with Crippen molar-refractivity contribution in [3.8, 4) is 0 Å². The third-order valence-electron chi connectivity index (χ3n) is 4.23. The summed E-state index contributed by atoms with van der Waals surface area (Å²) in [4.78, 5) is 0. The zero-order valence-corrected chi connectivity index (χ0v) is 11.0. The number of hydrogen-bond donors (Lipinski definition) is 2. The van der Waals surface area contributed by atoms with E-state index in [4.69, 9.17) is 5.11 Å². The van der Waals surface area contributed by atoms with Gasteiger partial charge in [0.25, 0.3) is 0 Å². The van der Waals surface area contributed by atoms with Crippen molar-refractivity contribution >= 4 is 0 Å². The molecule has 3 atom stereocenters. The Bertz CT molecular complexity index is 360. The van der Waals surface area contributed by atoms with E-state index < -0.39 is 0 Å². The average molecular weight is 233 g/mol. The molecular weight excluding hydrogens is 210 g/mol. The summed E-state index contributed by atoms with van der Waals surface area (Å²) in [7, 11) is 0. The fourth-order valence-electron chi connectivity index (χ4n) is 2.86. The van der Waals surface area contributed by atoms with Gasteiger partial charge in [-0.1, -0.05) is 44.2 Å². The van der Waals surface area contributed by atoms with E-state index in [9.17, 15) is 0 Å². The molecule has 2 rings (SSSR count). The lowest BCUT2D eigenvalue weighted by molar-refractivity contribution is 0.0544. The minimum absolute atomic E-state index is 0.191. The fourth-order valence-corrected chi connectivity index (χ4v) is 2.86. The molecule has 1 aliphatic carbocycles. The van der Waals surface area contributed by atoms with Gasteiger partial charge in [0.15, 0.2) is 0 Å². The van der Waals surface area contributed by atoms with Crippen LogP contribution >= 0.6 is 0 Å². The first-order chi connectivity index (χ1) is 8.05. The summed E-state index contributed by atoms with van der Waals surface area (Å²) in [5, 5.41) is 12.6. The Hall–Kier alpha value is -0.860. The van der Waals surface area contributed by atoms with Gasteiger partial charge in [-0.2, -0.15) is 0 Å². The Kier molecular flexibility index (Phi) is 3.55. The van der Waals surface area contributed by atoms with Gasteiger partial charge in [0.1, 0.15) is 0 Å². The number of hydrogen-bond acceptors (Lipinski definition) is 2. The lowest BCUT2D eigenvalue weighted by Crippen LogP contribution is -2.58. The second kappa shape index (κ2) is 4.79. The number of aliphatic hydroxyl groups excluding tert-OH is 1. The first-order valence-electron chi connectivity index (χ1n) is 6.47. The Morgan fingerprint density at radius 1 is 1.35 bits per heavy atom. The van der Waals surface area contributed by atoms with Gasteiger partial charge >= 0.3 is 0 Å². The average Bonchev–Trinajstić information content (AvgIpc) is 2.34. The van der Waals surface area contributed by atoms with Crippen LogP contribution in [0, 0.1) is 5.41 Å². The van der Waals surface area contributed by atoms with Crippen LogP contribution in [0.1, 0.15) is 38.7 Å². The minimum atomic E-state index is 0.191. The summed E-state index contributed by atoms with van der Waals surface area (Å²) in [5.41, 5.74) is 1.71. The molecule has 1 saturated carbocycles. The van der Waals surface area contributed by atoms with E-state index in [1.165, 1.54) is 12.0 Å². The zero-order chi connectivity index (χ0) is 12.5. The van der Waals surface area contributed by atoms with Crippen LogP contribution in [0.5, 0.6) is 0 Å². The van der Waals surface area contributed by atoms with Gasteiger partial charge in [-0.25, -0.2) is 0 Å². The van der Waals surface area contributed by atoms with E-state index in [1.54, 1.807) is 0 Å². The van der Waals surface area contributed by atoms with Crippen molar-refractivity contribution in [1.82, 2.24) is 5.32 Å². The second-order valence-corrected chi connectivity index (χ2v) is 5.82. The van der Waals surface area contributed by atoms with Crippen LogP contribution in [-0.4, -0.2) is 23.8 Å². The Morgan fingerprint density at radius 3 is 2.53 bits per heavy atom. The van der Waals surface area contributed by atoms with Crippen LogP contribution in [-0.2, 0) is 0 Å². The minimum Gasteiger partial charge on any atom is -0.395 e. The molecular formula is C15H23NO. The van der Waals surface area contributed by atoms with Crippen LogP contribution in [0.15, 0.2) is 30.3 Å². The summed E-state index contributed by atoms with van der Waals surface area (Å²) < 4.78 is 0. The van der Waals surface area contributed by atoms with E-state index in [0.717, 1.165) is 0 Å². The maximum absolute atomic E-state index is 9.09. The summed E-state index contributed by atoms with van der Waals surface area (Å²) >= 11 is 0. The van der Waals surface area contributed by atoms with Crippen molar-refractivity contribution in [1.29, 1.82) is 0 Å². The van der Waals surface area contributed by atoms with Gasteiger partial charge in [0, 0.05) is 12.1 Å². The molecule has 94 valence electrons. The molecule has 0 aliphatic heterocycles. The fraction of sp³-hybridized carbons (Fsp3) is 0.600. The van der Waals surface area contributed by atoms with Crippen molar-refractivity contribution in [3.05, 3.63) is 35.9 Å². The first-order valence-corrected chi connectivity index (χ1v) is 6.47. The number of nitrogens with one attached hydrogen (secondary N) is 1. The molecule has 0 radical (unpaired) electrons. The van der Waals surface area contributed by atoms with Crippen molar-refractivity contribution in [2.45, 2.75) is 45.2 Å². The monoisotopic (exact) mass is 233 g/mol. The normalized spacial score (nSPS) is 28.5. The van der Waals surface area contributed by atoms with Crippen molar-refractivity contribution < 1.29 is 5.11 Å². The summed E-state index contributed by atoms with van der Waals surface area (Å²) in [6, 6.07) is 11.4. The highest BCUT2D eigenvalue weighted by molar-refractivity contribution is 5.27. The molecule has 17 heavy (non-hydrogen) atoms. The molecule has 2 N–H and O–H groups in total. The van der Waals surface area contributed by atoms with Gasteiger partial charge < -0.3 is 10.4 Å². The van der Waals surface area contributed by atoms with Crippen molar-refractivity contribution in [2.75, 3.05) is 6.61 Å². The smallest absolute Gasteiger partial charge is 0.0582 e. The molecule has 0 unspecified atom stereocenters. The zero-order valence-electron chi connectivity index (χ0n) is 11.0. The summed E-state index contributed by atoms with van der Waals surface area (Å²) in [5.74, 6) is 0.632.